The second kappa shape index (κ2) is 6.76. The number of alkyl halides is 3. The highest BCUT2D eigenvalue weighted by molar-refractivity contribution is 5.71. The summed E-state index contributed by atoms with van der Waals surface area (Å²) in [6.45, 7) is 0.914. The molecule has 0 radical (unpaired) electrons. The van der Waals surface area contributed by atoms with Gasteiger partial charge in [0.25, 0.3) is 0 Å². The van der Waals surface area contributed by atoms with Gasteiger partial charge in [0.2, 0.25) is 5.95 Å². The van der Waals surface area contributed by atoms with Crippen LogP contribution in [-0.2, 0) is 10.9 Å². The van der Waals surface area contributed by atoms with E-state index in [9.17, 15) is 13.2 Å². The molecule has 144 valence electrons. The fraction of sp³-hybridized carbons (Fsp3) is 0.412. The summed E-state index contributed by atoms with van der Waals surface area (Å²) in [6.07, 6.45) is -3.82. The number of fused-ring (bicyclic) bond motifs is 4. The van der Waals surface area contributed by atoms with Crippen molar-refractivity contribution >= 4 is 17.5 Å². The summed E-state index contributed by atoms with van der Waals surface area (Å²) < 4.78 is 56.8. The summed E-state index contributed by atoms with van der Waals surface area (Å²) in [5.41, 5.74) is -0.484. The molecule has 1 aromatic carbocycles. The largest absolute Gasteiger partial charge is 0.494 e. The molecule has 0 spiro atoms. The minimum atomic E-state index is -4.58. The Morgan fingerprint density at radius 1 is 1.22 bits per heavy atom. The molecule has 4 rings (SSSR count). The number of benzene rings is 1. The number of aromatic nitrogens is 2. The Labute approximate surface area is 152 Å². The van der Waals surface area contributed by atoms with Crippen LogP contribution in [0.25, 0.3) is 0 Å². The first-order valence-corrected chi connectivity index (χ1v) is 8.31. The zero-order valence-corrected chi connectivity index (χ0v) is 14.3. The van der Waals surface area contributed by atoms with Gasteiger partial charge in [0.05, 0.1) is 33.0 Å². The minimum Gasteiger partial charge on any atom is -0.494 e. The number of hydrogen-bond donors (Lipinski definition) is 2. The molecule has 27 heavy (non-hydrogen) atoms. The number of methoxy groups -OCH3 is 1. The monoisotopic (exact) mass is 382 g/mol. The number of ether oxygens (including phenoxy) is 3. The number of rotatable bonds is 1. The molecule has 2 N–H and O–H groups in total. The lowest BCUT2D eigenvalue weighted by atomic mass is 10.0. The number of nitrogens with zero attached hydrogens (tertiary/aromatic N) is 2. The smallest absolute Gasteiger partial charge is 0.421 e. The number of halogens is 3. The maximum Gasteiger partial charge on any atom is 0.421 e. The van der Waals surface area contributed by atoms with E-state index in [0.29, 0.717) is 23.8 Å². The molecular formula is C17H17F3N4O3. The van der Waals surface area contributed by atoms with Crippen LogP contribution in [-0.4, -0.2) is 42.9 Å². The molecule has 1 fully saturated rings. The summed E-state index contributed by atoms with van der Waals surface area (Å²) >= 11 is 0. The minimum absolute atomic E-state index is 0.00258. The van der Waals surface area contributed by atoms with Gasteiger partial charge in [-0.25, -0.2) is 4.98 Å². The Kier molecular flexibility index (Phi) is 4.42. The molecule has 0 amide bonds. The van der Waals surface area contributed by atoms with Crippen molar-refractivity contribution in [3.05, 3.63) is 30.0 Å². The first kappa shape index (κ1) is 17.7. The van der Waals surface area contributed by atoms with Gasteiger partial charge in [-0.2, -0.15) is 18.2 Å². The quantitative estimate of drug-likeness (QED) is 0.785. The molecular weight excluding hydrogens is 365 g/mol. The maximum atomic E-state index is 13.4. The molecule has 2 bridgehead atoms. The van der Waals surface area contributed by atoms with Crippen molar-refractivity contribution in [2.75, 3.05) is 37.6 Å². The lowest BCUT2D eigenvalue weighted by molar-refractivity contribution is -0.137. The van der Waals surface area contributed by atoms with Gasteiger partial charge in [-0.3, -0.25) is 0 Å². The van der Waals surface area contributed by atoms with E-state index < -0.39 is 11.7 Å². The van der Waals surface area contributed by atoms with Gasteiger partial charge < -0.3 is 24.8 Å². The predicted octanol–water partition coefficient (Wildman–Crippen LogP) is 3.07. The first-order chi connectivity index (χ1) is 13.0. The fourth-order valence-electron chi connectivity index (χ4n) is 3.09. The Bertz CT molecular complexity index is 847. The molecule has 3 heterocycles. The van der Waals surface area contributed by atoms with Crippen molar-refractivity contribution in [2.45, 2.75) is 12.2 Å². The molecule has 0 aliphatic carbocycles. The van der Waals surface area contributed by atoms with Crippen molar-refractivity contribution < 1.29 is 27.4 Å². The van der Waals surface area contributed by atoms with Crippen LogP contribution in [0.15, 0.2) is 24.4 Å². The van der Waals surface area contributed by atoms with Crippen LogP contribution >= 0.6 is 0 Å². The Hall–Kier alpha value is -2.75. The zero-order valence-electron chi connectivity index (χ0n) is 14.3. The number of hydrogen-bond acceptors (Lipinski definition) is 7. The Morgan fingerprint density at radius 3 is 2.85 bits per heavy atom. The SMILES string of the molecule is COc1cccc2c1Nc1ncc(C(F)(F)F)c(n1)N[C@H]1COC[C@@H]1CO2. The highest BCUT2D eigenvalue weighted by Crippen LogP contribution is 2.39. The molecule has 7 nitrogen and oxygen atoms in total. The normalized spacial score (nSPS) is 21.6. The molecule has 0 saturated carbocycles. The van der Waals surface area contributed by atoms with Gasteiger partial charge in [-0.1, -0.05) is 6.07 Å². The van der Waals surface area contributed by atoms with Crippen LogP contribution in [0.2, 0.25) is 0 Å². The van der Waals surface area contributed by atoms with Gasteiger partial charge in [-0.05, 0) is 12.1 Å². The number of nitrogens with one attached hydrogen (secondary N) is 2. The third kappa shape index (κ3) is 3.44. The van der Waals surface area contributed by atoms with Gasteiger partial charge >= 0.3 is 6.18 Å². The molecule has 2 aromatic rings. The average Bonchev–Trinajstić information content (AvgIpc) is 3.06. The van der Waals surface area contributed by atoms with E-state index in [2.05, 4.69) is 20.6 Å². The summed E-state index contributed by atoms with van der Waals surface area (Å²) in [7, 11) is 1.49. The third-order valence-electron chi connectivity index (χ3n) is 4.51. The number of para-hydroxylation sites is 1. The van der Waals surface area contributed by atoms with Gasteiger partial charge in [0.1, 0.15) is 28.6 Å². The van der Waals surface area contributed by atoms with Crippen LogP contribution in [0.3, 0.4) is 0 Å². The van der Waals surface area contributed by atoms with E-state index in [1.165, 1.54) is 7.11 Å². The van der Waals surface area contributed by atoms with E-state index in [0.717, 1.165) is 6.20 Å². The van der Waals surface area contributed by atoms with E-state index in [-0.39, 0.29) is 36.9 Å². The van der Waals surface area contributed by atoms with Gasteiger partial charge in [0, 0.05) is 12.1 Å². The van der Waals surface area contributed by atoms with Crippen LogP contribution in [0.5, 0.6) is 11.5 Å². The van der Waals surface area contributed by atoms with Crippen molar-refractivity contribution in [2.24, 2.45) is 5.92 Å². The van der Waals surface area contributed by atoms with Crippen LogP contribution in [0.1, 0.15) is 5.56 Å². The fourth-order valence-corrected chi connectivity index (χ4v) is 3.09. The summed E-state index contributed by atoms with van der Waals surface area (Å²) in [6, 6.07) is 4.85. The topological polar surface area (TPSA) is 77.5 Å². The zero-order chi connectivity index (χ0) is 19.0. The maximum absolute atomic E-state index is 13.4. The lowest BCUT2D eigenvalue weighted by Crippen LogP contribution is -2.33. The third-order valence-corrected chi connectivity index (χ3v) is 4.51. The molecule has 1 saturated heterocycles. The van der Waals surface area contributed by atoms with Crippen LogP contribution in [0.4, 0.5) is 30.6 Å². The Morgan fingerprint density at radius 2 is 2.07 bits per heavy atom. The van der Waals surface area contributed by atoms with E-state index in [1.54, 1.807) is 18.2 Å². The van der Waals surface area contributed by atoms with E-state index >= 15 is 0 Å². The van der Waals surface area contributed by atoms with Crippen molar-refractivity contribution in [1.29, 1.82) is 0 Å². The van der Waals surface area contributed by atoms with E-state index in [1.807, 2.05) is 0 Å². The molecule has 2 aliphatic rings. The Balaban J connectivity index is 1.82. The predicted molar refractivity (Wildman–Crippen MR) is 90.5 cm³/mol. The van der Waals surface area contributed by atoms with Crippen LogP contribution in [0, 0.1) is 5.92 Å². The second-order valence-corrected chi connectivity index (χ2v) is 6.27. The molecule has 0 unspecified atom stereocenters. The highest BCUT2D eigenvalue weighted by atomic mass is 19.4. The van der Waals surface area contributed by atoms with Crippen LogP contribution < -0.4 is 20.1 Å². The van der Waals surface area contributed by atoms with Crippen molar-refractivity contribution in [1.82, 2.24) is 9.97 Å². The van der Waals surface area contributed by atoms with Gasteiger partial charge in [-0.15, -0.1) is 0 Å². The lowest BCUT2D eigenvalue weighted by Gasteiger charge is -2.21. The molecule has 2 aliphatic heterocycles. The standard InChI is InChI=1S/C17H17F3N4O3/c1-25-12-3-2-4-13-14(12)23-16-21-5-10(17(18,19)20)15(24-16)22-11-8-26-6-9(11)7-27-13/h2-5,9,11H,6-8H2,1H3,(H2,21,22,23,24)/t9-,11+/m1/s1. The molecule has 10 heteroatoms. The summed E-state index contributed by atoms with van der Waals surface area (Å²) in [4.78, 5) is 7.87. The van der Waals surface area contributed by atoms with E-state index in [4.69, 9.17) is 14.2 Å². The second-order valence-electron chi connectivity index (χ2n) is 6.27. The number of anilines is 3. The molecule has 2 atom stereocenters. The first-order valence-electron chi connectivity index (χ1n) is 8.31. The van der Waals surface area contributed by atoms with Gasteiger partial charge in [0.15, 0.2) is 0 Å². The van der Waals surface area contributed by atoms with Crippen molar-refractivity contribution in [3.8, 4) is 11.5 Å². The van der Waals surface area contributed by atoms with Crippen molar-refractivity contribution in [3.63, 3.8) is 0 Å². The summed E-state index contributed by atoms with van der Waals surface area (Å²) in [5, 5.41) is 5.77. The molecule has 1 aromatic heterocycles. The highest BCUT2D eigenvalue weighted by Gasteiger charge is 2.38. The average molecular weight is 382 g/mol. The summed E-state index contributed by atoms with van der Waals surface area (Å²) in [5.74, 6) is 0.522.